The van der Waals surface area contributed by atoms with E-state index in [0.717, 1.165) is 11.3 Å². The van der Waals surface area contributed by atoms with Gasteiger partial charge in [0.2, 0.25) is 5.91 Å². The molecule has 0 unspecified atom stereocenters. The lowest BCUT2D eigenvalue weighted by atomic mass is 10.2. The standard InChI is InChI=1S/C26H19ClN2O3/c27-20-9-4-8-19(16-20)26(31)29-22-11-5-10-21(17-22)28-25(30)15-13-23-12-14-24(32-23)18-6-2-1-3-7-18/h1-17H,(H,28,30)(H,29,31)/b15-13+. The predicted octanol–water partition coefficient (Wildman–Crippen LogP) is 6.50. The van der Waals surface area contributed by atoms with Crippen LogP contribution < -0.4 is 10.6 Å². The lowest BCUT2D eigenvalue weighted by Gasteiger charge is -2.08. The van der Waals surface area contributed by atoms with Crippen molar-refractivity contribution in [2.24, 2.45) is 0 Å². The summed E-state index contributed by atoms with van der Waals surface area (Å²) in [4.78, 5) is 24.7. The Labute approximate surface area is 190 Å². The largest absolute Gasteiger partial charge is 0.457 e. The third kappa shape index (κ3) is 5.53. The molecular formula is C26H19ClN2O3. The molecule has 0 spiro atoms. The predicted molar refractivity (Wildman–Crippen MR) is 128 cm³/mol. The average molecular weight is 443 g/mol. The van der Waals surface area contributed by atoms with E-state index in [9.17, 15) is 9.59 Å². The van der Waals surface area contributed by atoms with Crippen molar-refractivity contribution in [2.45, 2.75) is 0 Å². The van der Waals surface area contributed by atoms with Crippen LogP contribution in [0.1, 0.15) is 16.1 Å². The zero-order valence-corrected chi connectivity index (χ0v) is 17.7. The quantitative estimate of drug-likeness (QED) is 0.334. The Kier molecular flexibility index (Phi) is 6.49. The van der Waals surface area contributed by atoms with Crippen molar-refractivity contribution in [3.63, 3.8) is 0 Å². The smallest absolute Gasteiger partial charge is 0.255 e. The van der Waals surface area contributed by atoms with Crippen molar-refractivity contribution in [3.05, 3.63) is 113 Å². The molecule has 1 heterocycles. The third-order valence-corrected chi connectivity index (χ3v) is 4.79. The second kappa shape index (κ2) is 9.81. The molecule has 0 aliphatic heterocycles. The van der Waals surface area contributed by atoms with Crippen LogP contribution in [0.5, 0.6) is 0 Å². The van der Waals surface area contributed by atoms with Gasteiger partial charge < -0.3 is 15.1 Å². The molecule has 3 aromatic carbocycles. The van der Waals surface area contributed by atoms with Crippen LogP contribution in [0, 0.1) is 0 Å². The molecule has 6 heteroatoms. The molecule has 32 heavy (non-hydrogen) atoms. The molecule has 4 rings (SSSR count). The van der Waals surface area contributed by atoms with E-state index in [1.165, 1.54) is 6.08 Å². The van der Waals surface area contributed by atoms with E-state index in [1.54, 1.807) is 60.7 Å². The maximum atomic E-state index is 12.4. The van der Waals surface area contributed by atoms with E-state index in [2.05, 4.69) is 10.6 Å². The maximum absolute atomic E-state index is 12.4. The van der Waals surface area contributed by atoms with Gasteiger partial charge in [0.25, 0.3) is 5.91 Å². The van der Waals surface area contributed by atoms with Crippen LogP contribution in [-0.2, 0) is 4.79 Å². The number of hydrogen-bond donors (Lipinski definition) is 2. The molecule has 0 aliphatic carbocycles. The van der Waals surface area contributed by atoms with E-state index >= 15 is 0 Å². The summed E-state index contributed by atoms with van der Waals surface area (Å²) in [6.07, 6.45) is 3.00. The summed E-state index contributed by atoms with van der Waals surface area (Å²) in [5.41, 5.74) is 2.51. The molecule has 2 amide bonds. The third-order valence-electron chi connectivity index (χ3n) is 4.56. The number of amides is 2. The van der Waals surface area contributed by atoms with Gasteiger partial charge in [-0.3, -0.25) is 9.59 Å². The Bertz CT molecular complexity index is 1280. The van der Waals surface area contributed by atoms with Crippen LogP contribution in [0.4, 0.5) is 11.4 Å². The first kappa shape index (κ1) is 21.2. The summed E-state index contributed by atoms with van der Waals surface area (Å²) in [6, 6.07) is 27.0. The van der Waals surface area contributed by atoms with Gasteiger partial charge in [0.1, 0.15) is 11.5 Å². The van der Waals surface area contributed by atoms with Gasteiger partial charge in [0.05, 0.1) is 0 Å². The minimum atomic E-state index is -0.319. The maximum Gasteiger partial charge on any atom is 0.255 e. The van der Waals surface area contributed by atoms with Crippen LogP contribution >= 0.6 is 11.6 Å². The SMILES string of the molecule is O=C(/C=C/c1ccc(-c2ccccc2)o1)Nc1cccc(NC(=O)c2cccc(Cl)c2)c1. The number of nitrogens with one attached hydrogen (secondary N) is 2. The fraction of sp³-hybridized carbons (Fsp3) is 0. The average Bonchev–Trinajstić information content (AvgIpc) is 3.28. The molecule has 0 bridgehead atoms. The molecule has 158 valence electrons. The van der Waals surface area contributed by atoms with Gasteiger partial charge in [-0.2, -0.15) is 0 Å². The highest BCUT2D eigenvalue weighted by molar-refractivity contribution is 6.31. The minimum absolute atomic E-state index is 0.289. The minimum Gasteiger partial charge on any atom is -0.457 e. The first-order valence-corrected chi connectivity index (χ1v) is 10.3. The number of rotatable bonds is 6. The second-order valence-corrected chi connectivity index (χ2v) is 7.37. The Balaban J connectivity index is 1.37. The van der Waals surface area contributed by atoms with Gasteiger partial charge in [-0.15, -0.1) is 0 Å². The molecule has 0 radical (unpaired) electrons. The fourth-order valence-corrected chi connectivity index (χ4v) is 3.24. The molecular weight excluding hydrogens is 424 g/mol. The van der Waals surface area contributed by atoms with Crippen molar-refractivity contribution in [1.82, 2.24) is 0 Å². The van der Waals surface area contributed by atoms with E-state index < -0.39 is 0 Å². The number of carbonyl (C=O) groups is 2. The highest BCUT2D eigenvalue weighted by atomic mass is 35.5. The molecule has 2 N–H and O–H groups in total. The Morgan fingerprint density at radius 1 is 0.781 bits per heavy atom. The lowest BCUT2D eigenvalue weighted by molar-refractivity contribution is -0.111. The molecule has 5 nitrogen and oxygen atoms in total. The highest BCUT2D eigenvalue weighted by Gasteiger charge is 2.08. The number of hydrogen-bond acceptors (Lipinski definition) is 3. The van der Waals surface area contributed by atoms with Crippen molar-refractivity contribution < 1.29 is 14.0 Å². The van der Waals surface area contributed by atoms with Crippen molar-refractivity contribution in [2.75, 3.05) is 10.6 Å². The monoisotopic (exact) mass is 442 g/mol. The molecule has 0 atom stereocenters. The van der Waals surface area contributed by atoms with Crippen LogP contribution in [0.2, 0.25) is 5.02 Å². The molecule has 4 aromatic rings. The summed E-state index contributed by atoms with van der Waals surface area (Å²) in [5.74, 6) is 0.694. The zero-order chi connectivity index (χ0) is 22.3. The summed E-state index contributed by atoms with van der Waals surface area (Å²) in [7, 11) is 0. The van der Waals surface area contributed by atoms with Gasteiger partial charge in [-0.25, -0.2) is 0 Å². The number of anilines is 2. The van der Waals surface area contributed by atoms with E-state index in [4.69, 9.17) is 16.0 Å². The Hall–Kier alpha value is -4.09. The Morgan fingerprint density at radius 2 is 1.53 bits per heavy atom. The first-order chi connectivity index (χ1) is 15.6. The summed E-state index contributed by atoms with van der Waals surface area (Å²) < 4.78 is 5.76. The summed E-state index contributed by atoms with van der Waals surface area (Å²) in [6.45, 7) is 0. The normalized spacial score (nSPS) is 10.8. The first-order valence-electron chi connectivity index (χ1n) is 9.88. The van der Waals surface area contributed by atoms with E-state index in [0.29, 0.717) is 27.7 Å². The van der Waals surface area contributed by atoms with E-state index in [-0.39, 0.29) is 11.8 Å². The van der Waals surface area contributed by atoms with Crippen molar-refractivity contribution >= 4 is 40.9 Å². The lowest BCUT2D eigenvalue weighted by Crippen LogP contribution is -2.12. The number of furan rings is 1. The Morgan fingerprint density at radius 3 is 2.31 bits per heavy atom. The van der Waals surface area contributed by atoms with Crippen molar-refractivity contribution in [1.29, 1.82) is 0 Å². The van der Waals surface area contributed by atoms with Gasteiger partial charge in [-0.1, -0.05) is 54.1 Å². The van der Waals surface area contributed by atoms with Gasteiger partial charge in [0, 0.05) is 33.6 Å². The number of halogens is 1. The van der Waals surface area contributed by atoms with Crippen LogP contribution in [-0.4, -0.2) is 11.8 Å². The van der Waals surface area contributed by atoms with Gasteiger partial charge >= 0.3 is 0 Å². The molecule has 0 fully saturated rings. The molecule has 0 aliphatic rings. The summed E-state index contributed by atoms with van der Waals surface area (Å²) in [5, 5.41) is 6.05. The topological polar surface area (TPSA) is 71.3 Å². The molecule has 0 saturated carbocycles. The zero-order valence-electron chi connectivity index (χ0n) is 16.9. The van der Waals surface area contributed by atoms with E-state index in [1.807, 2.05) is 36.4 Å². The fourth-order valence-electron chi connectivity index (χ4n) is 3.05. The van der Waals surface area contributed by atoms with Crippen LogP contribution in [0.15, 0.2) is 101 Å². The highest BCUT2D eigenvalue weighted by Crippen LogP contribution is 2.22. The number of benzene rings is 3. The van der Waals surface area contributed by atoms with Crippen LogP contribution in [0.3, 0.4) is 0 Å². The second-order valence-electron chi connectivity index (χ2n) is 6.94. The number of carbonyl (C=O) groups excluding carboxylic acids is 2. The molecule has 0 saturated heterocycles. The van der Waals surface area contributed by atoms with Crippen molar-refractivity contribution in [3.8, 4) is 11.3 Å². The van der Waals surface area contributed by atoms with Gasteiger partial charge in [-0.05, 0) is 54.6 Å². The van der Waals surface area contributed by atoms with Gasteiger partial charge in [0.15, 0.2) is 0 Å². The summed E-state index contributed by atoms with van der Waals surface area (Å²) >= 11 is 5.94. The van der Waals surface area contributed by atoms with Crippen LogP contribution in [0.25, 0.3) is 17.4 Å². The molecule has 1 aromatic heterocycles.